The van der Waals surface area contributed by atoms with E-state index in [1.54, 1.807) is 14.2 Å². The van der Waals surface area contributed by atoms with Crippen LogP contribution in [0.5, 0.6) is 0 Å². The number of pyridine rings is 1. The molecule has 1 unspecified atom stereocenters. The first-order valence-electron chi connectivity index (χ1n) is 11.7. The molecule has 0 bridgehead atoms. The fraction of sp³-hybridized carbons (Fsp3) is 0.538. The highest BCUT2D eigenvalue weighted by Crippen LogP contribution is 2.41. The highest BCUT2D eigenvalue weighted by atomic mass is 35.5. The lowest BCUT2D eigenvalue weighted by atomic mass is 9.88. The van der Waals surface area contributed by atoms with Gasteiger partial charge in [-0.3, -0.25) is 14.7 Å². The molecule has 3 heterocycles. The number of aromatic nitrogens is 1. The Balaban J connectivity index is 0.00000216. The van der Waals surface area contributed by atoms with E-state index < -0.39 is 0 Å². The van der Waals surface area contributed by atoms with Crippen LogP contribution in [0, 0.1) is 0 Å². The van der Waals surface area contributed by atoms with Crippen LogP contribution in [0.15, 0.2) is 42.6 Å². The maximum Gasteiger partial charge on any atom is 0.241 e. The van der Waals surface area contributed by atoms with E-state index >= 15 is 0 Å². The average molecular weight is 526 g/mol. The van der Waals surface area contributed by atoms with Gasteiger partial charge in [0, 0.05) is 63.1 Å². The molecule has 1 aromatic heterocycles. The van der Waals surface area contributed by atoms with Crippen molar-refractivity contribution in [3.63, 3.8) is 0 Å². The van der Waals surface area contributed by atoms with Gasteiger partial charge < -0.3 is 19.7 Å². The molecule has 3 atom stereocenters. The highest BCUT2D eigenvalue weighted by molar-refractivity contribution is 5.97. The number of nitrogens with zero attached hydrogens (tertiary/aromatic N) is 3. The van der Waals surface area contributed by atoms with Crippen LogP contribution in [-0.2, 0) is 19.7 Å². The number of piperazine rings is 1. The number of carbonyl (C=O) groups is 1. The predicted octanol–water partition coefficient (Wildman–Crippen LogP) is 3.59. The van der Waals surface area contributed by atoms with E-state index in [4.69, 9.17) is 14.5 Å². The minimum Gasteiger partial charge on any atom is -0.383 e. The summed E-state index contributed by atoms with van der Waals surface area (Å²) in [7, 11) is 3.41. The van der Waals surface area contributed by atoms with Crippen molar-refractivity contribution >= 4 is 36.4 Å². The molecule has 2 aliphatic rings. The Bertz CT molecular complexity index is 976. The normalized spacial score (nSPS) is 22.0. The second-order valence-electron chi connectivity index (χ2n) is 9.86. The molecule has 0 saturated carbocycles. The Kier molecular flexibility index (Phi) is 10.5. The van der Waals surface area contributed by atoms with E-state index in [9.17, 15) is 4.79 Å². The SMILES string of the molecule is COC[C@H]1CN[C@H](C)CN1CC(=O)N1CC(C)(C)c2cnc(C(OC)c3ccccc3)cc21.Cl.Cl. The zero-order chi connectivity index (χ0) is 23.6. The van der Waals surface area contributed by atoms with Crippen LogP contribution in [0.4, 0.5) is 5.69 Å². The molecule has 2 aliphatic heterocycles. The number of halogens is 2. The summed E-state index contributed by atoms with van der Waals surface area (Å²) >= 11 is 0. The van der Waals surface area contributed by atoms with Gasteiger partial charge in [-0.05, 0) is 18.6 Å². The molecule has 4 rings (SSSR count). The van der Waals surface area contributed by atoms with Crippen LogP contribution >= 0.6 is 24.8 Å². The Morgan fingerprint density at radius 1 is 1.23 bits per heavy atom. The van der Waals surface area contributed by atoms with Crippen molar-refractivity contribution in [2.24, 2.45) is 0 Å². The van der Waals surface area contributed by atoms with Gasteiger partial charge in [0.1, 0.15) is 6.10 Å². The maximum atomic E-state index is 13.6. The number of anilines is 1. The molecule has 2 aromatic rings. The molecule has 35 heavy (non-hydrogen) atoms. The van der Waals surface area contributed by atoms with E-state index in [2.05, 4.69) is 31.0 Å². The second kappa shape index (κ2) is 12.5. The molecule has 0 spiro atoms. The van der Waals surface area contributed by atoms with Crippen molar-refractivity contribution in [1.82, 2.24) is 15.2 Å². The largest absolute Gasteiger partial charge is 0.383 e. The number of ether oxygens (including phenoxy) is 2. The fourth-order valence-corrected chi connectivity index (χ4v) is 5.03. The Labute approximate surface area is 221 Å². The van der Waals surface area contributed by atoms with Crippen molar-refractivity contribution < 1.29 is 14.3 Å². The zero-order valence-electron chi connectivity index (χ0n) is 21.2. The van der Waals surface area contributed by atoms with E-state index in [0.29, 0.717) is 25.7 Å². The summed E-state index contributed by atoms with van der Waals surface area (Å²) in [4.78, 5) is 22.6. The number of carbonyl (C=O) groups excluding carboxylic acids is 1. The van der Waals surface area contributed by atoms with Gasteiger partial charge in [-0.25, -0.2) is 0 Å². The number of fused-ring (bicyclic) bond motifs is 1. The topological polar surface area (TPSA) is 66.9 Å². The van der Waals surface area contributed by atoms with Crippen LogP contribution in [0.1, 0.15) is 43.7 Å². The average Bonchev–Trinajstić information content (AvgIpc) is 3.07. The fourth-order valence-electron chi connectivity index (χ4n) is 5.03. The van der Waals surface area contributed by atoms with Crippen molar-refractivity contribution in [2.75, 3.05) is 51.9 Å². The summed E-state index contributed by atoms with van der Waals surface area (Å²) in [5.74, 6) is 0.114. The quantitative estimate of drug-likeness (QED) is 0.596. The van der Waals surface area contributed by atoms with Gasteiger partial charge in [0.05, 0.1) is 24.5 Å². The Morgan fingerprint density at radius 3 is 2.60 bits per heavy atom. The van der Waals surface area contributed by atoms with E-state index in [-0.39, 0.29) is 48.3 Å². The van der Waals surface area contributed by atoms with Crippen LogP contribution in [-0.4, -0.2) is 74.9 Å². The first-order chi connectivity index (χ1) is 15.8. The van der Waals surface area contributed by atoms with E-state index in [1.807, 2.05) is 47.5 Å². The molecule has 1 saturated heterocycles. The zero-order valence-corrected chi connectivity index (χ0v) is 22.8. The van der Waals surface area contributed by atoms with Crippen LogP contribution < -0.4 is 10.2 Å². The maximum absolute atomic E-state index is 13.6. The molecule has 9 heteroatoms. The molecule has 1 amide bonds. The van der Waals surface area contributed by atoms with Crippen molar-refractivity contribution in [3.05, 3.63) is 59.4 Å². The molecule has 0 radical (unpaired) electrons. The second-order valence-corrected chi connectivity index (χ2v) is 9.86. The number of rotatable bonds is 7. The van der Waals surface area contributed by atoms with Crippen LogP contribution in [0.3, 0.4) is 0 Å². The van der Waals surface area contributed by atoms with Gasteiger partial charge in [-0.1, -0.05) is 44.2 Å². The molecule has 1 fully saturated rings. The summed E-state index contributed by atoms with van der Waals surface area (Å²) in [5.41, 5.74) is 3.74. The molecule has 1 N–H and O–H groups in total. The lowest BCUT2D eigenvalue weighted by Crippen LogP contribution is -2.59. The monoisotopic (exact) mass is 524 g/mol. The van der Waals surface area contributed by atoms with Gasteiger partial charge in [0.15, 0.2) is 0 Å². The minimum absolute atomic E-state index is 0. The highest BCUT2D eigenvalue weighted by Gasteiger charge is 2.40. The van der Waals surface area contributed by atoms with Gasteiger partial charge in [-0.15, -0.1) is 24.8 Å². The van der Waals surface area contributed by atoms with Gasteiger partial charge >= 0.3 is 0 Å². The van der Waals surface area contributed by atoms with E-state index in [0.717, 1.165) is 35.6 Å². The third-order valence-corrected chi connectivity index (χ3v) is 6.81. The first-order valence-corrected chi connectivity index (χ1v) is 11.7. The number of nitrogens with one attached hydrogen (secondary N) is 1. The summed E-state index contributed by atoms with van der Waals surface area (Å²) in [6, 6.07) is 12.6. The van der Waals surface area contributed by atoms with Crippen molar-refractivity contribution in [1.29, 1.82) is 0 Å². The van der Waals surface area contributed by atoms with Crippen LogP contribution in [0.25, 0.3) is 0 Å². The lowest BCUT2D eigenvalue weighted by Gasteiger charge is -2.39. The summed E-state index contributed by atoms with van der Waals surface area (Å²) in [5, 5.41) is 3.49. The number of benzene rings is 1. The van der Waals surface area contributed by atoms with Crippen molar-refractivity contribution in [2.45, 2.75) is 44.4 Å². The summed E-state index contributed by atoms with van der Waals surface area (Å²) in [6.07, 6.45) is 1.64. The molecule has 194 valence electrons. The molecular formula is C26H38Cl2N4O3. The summed E-state index contributed by atoms with van der Waals surface area (Å²) in [6.45, 7) is 9.77. The van der Waals surface area contributed by atoms with Crippen molar-refractivity contribution in [3.8, 4) is 0 Å². The third-order valence-electron chi connectivity index (χ3n) is 6.81. The number of hydrogen-bond donors (Lipinski definition) is 1. The first kappa shape index (κ1) is 29.5. The van der Waals surface area contributed by atoms with Gasteiger partial charge in [0.2, 0.25) is 5.91 Å². The lowest BCUT2D eigenvalue weighted by molar-refractivity contribution is -0.121. The molecule has 1 aromatic carbocycles. The number of hydrogen-bond acceptors (Lipinski definition) is 6. The number of methoxy groups -OCH3 is 2. The predicted molar refractivity (Wildman–Crippen MR) is 144 cm³/mol. The van der Waals surface area contributed by atoms with Gasteiger partial charge in [0.25, 0.3) is 0 Å². The summed E-state index contributed by atoms with van der Waals surface area (Å²) < 4.78 is 11.2. The molecular weight excluding hydrogens is 487 g/mol. The van der Waals surface area contributed by atoms with E-state index in [1.165, 1.54) is 0 Å². The third kappa shape index (κ3) is 6.34. The molecule has 0 aliphatic carbocycles. The smallest absolute Gasteiger partial charge is 0.241 e. The Morgan fingerprint density at radius 2 is 1.94 bits per heavy atom. The van der Waals surface area contributed by atoms with Gasteiger partial charge in [-0.2, -0.15) is 0 Å². The van der Waals surface area contributed by atoms with Crippen LogP contribution in [0.2, 0.25) is 0 Å². The minimum atomic E-state index is -0.280. The number of amides is 1. The Hall–Kier alpha value is -1.74. The standard InChI is InChI=1S/C26H36N4O3.2ClH/c1-18-14-29(20(12-27-18)16-32-4)15-24(31)30-17-26(2,3)21-13-28-22(11-23(21)30)25(33-5)19-9-7-6-8-10-19;;/h6-11,13,18,20,25,27H,12,14-17H2,1-5H3;2*1H/t18-,20-,25?;;/m1../s1. The molecule has 7 nitrogen and oxygen atoms in total.